The molecule has 1 aliphatic rings. The van der Waals surface area contributed by atoms with Crippen LogP contribution in [0, 0.1) is 5.92 Å². The lowest BCUT2D eigenvalue weighted by atomic mass is 9.96. The highest BCUT2D eigenvalue weighted by Gasteiger charge is 2.26. The molecule has 0 N–H and O–H groups in total. The normalized spacial score (nSPS) is 17.1. The number of ether oxygens (including phenoxy) is 1. The lowest BCUT2D eigenvalue weighted by Gasteiger charge is -2.31. The molecule has 1 aromatic carbocycles. The van der Waals surface area contributed by atoms with Gasteiger partial charge in [-0.2, -0.15) is 0 Å². The van der Waals surface area contributed by atoms with Gasteiger partial charge in [0.15, 0.2) is 0 Å². The molecule has 0 atom stereocenters. The van der Waals surface area contributed by atoms with Crippen molar-refractivity contribution >= 4 is 29.2 Å². The number of hydrogen-bond acceptors (Lipinski definition) is 3. The number of halogens is 2. The van der Waals surface area contributed by atoms with Crippen LogP contribution in [-0.2, 0) is 16.1 Å². The summed E-state index contributed by atoms with van der Waals surface area (Å²) in [6.45, 7) is 4.83. The molecule has 110 valence electrons. The van der Waals surface area contributed by atoms with Gasteiger partial charge in [-0.05, 0) is 56.6 Å². The topological polar surface area (TPSA) is 29.5 Å². The fourth-order valence-electron chi connectivity index (χ4n) is 2.49. The van der Waals surface area contributed by atoms with Gasteiger partial charge >= 0.3 is 5.97 Å². The maximum absolute atomic E-state index is 11.7. The number of hydrogen-bond donors (Lipinski definition) is 0. The summed E-state index contributed by atoms with van der Waals surface area (Å²) >= 11 is 12.2. The number of benzene rings is 1. The van der Waals surface area contributed by atoms with Crippen molar-refractivity contribution in [2.45, 2.75) is 26.3 Å². The summed E-state index contributed by atoms with van der Waals surface area (Å²) in [5, 5.41) is 1.44. The molecule has 2 rings (SSSR count). The van der Waals surface area contributed by atoms with Gasteiger partial charge in [-0.25, -0.2) is 0 Å². The van der Waals surface area contributed by atoms with Gasteiger partial charge in [0.2, 0.25) is 0 Å². The summed E-state index contributed by atoms with van der Waals surface area (Å²) in [6.07, 6.45) is 1.69. The maximum atomic E-state index is 11.7. The van der Waals surface area contributed by atoms with Crippen molar-refractivity contribution < 1.29 is 9.53 Å². The first-order chi connectivity index (χ1) is 9.60. The van der Waals surface area contributed by atoms with Gasteiger partial charge in [0.1, 0.15) is 0 Å². The van der Waals surface area contributed by atoms with E-state index in [1.54, 1.807) is 6.07 Å². The largest absolute Gasteiger partial charge is 0.466 e. The number of likely N-dealkylation sites (tertiary alicyclic amines) is 1. The first-order valence-electron chi connectivity index (χ1n) is 6.93. The second-order valence-electron chi connectivity index (χ2n) is 5.04. The summed E-state index contributed by atoms with van der Waals surface area (Å²) < 4.78 is 5.07. The van der Waals surface area contributed by atoms with Crippen molar-refractivity contribution in [3.05, 3.63) is 33.8 Å². The zero-order valence-corrected chi connectivity index (χ0v) is 13.1. The van der Waals surface area contributed by atoms with Crippen LogP contribution in [0.2, 0.25) is 10.0 Å². The number of piperidine rings is 1. The molecule has 1 heterocycles. The van der Waals surface area contributed by atoms with Crippen LogP contribution in [0.3, 0.4) is 0 Å². The molecule has 0 unspecified atom stereocenters. The number of nitrogens with zero attached hydrogens (tertiary/aromatic N) is 1. The molecule has 0 saturated carbocycles. The van der Waals surface area contributed by atoms with Gasteiger partial charge in [0.05, 0.1) is 12.5 Å². The van der Waals surface area contributed by atoms with Crippen LogP contribution >= 0.6 is 23.2 Å². The molecule has 0 amide bonds. The summed E-state index contributed by atoms with van der Waals surface area (Å²) in [7, 11) is 0. The Labute approximate surface area is 129 Å². The van der Waals surface area contributed by atoms with E-state index in [-0.39, 0.29) is 11.9 Å². The van der Waals surface area contributed by atoms with Gasteiger partial charge in [-0.15, -0.1) is 0 Å². The van der Waals surface area contributed by atoms with E-state index in [0.717, 1.165) is 43.1 Å². The first-order valence-corrected chi connectivity index (χ1v) is 7.68. The molecule has 1 aromatic rings. The minimum absolute atomic E-state index is 0.0426. The molecule has 1 saturated heterocycles. The van der Waals surface area contributed by atoms with E-state index in [9.17, 15) is 4.79 Å². The summed E-state index contributed by atoms with van der Waals surface area (Å²) in [5.41, 5.74) is 1.04. The van der Waals surface area contributed by atoms with Crippen LogP contribution in [-0.4, -0.2) is 30.6 Å². The smallest absolute Gasteiger partial charge is 0.309 e. The molecule has 0 bridgehead atoms. The monoisotopic (exact) mass is 315 g/mol. The molecular weight excluding hydrogens is 297 g/mol. The van der Waals surface area contributed by atoms with Crippen molar-refractivity contribution in [3.8, 4) is 0 Å². The average Bonchev–Trinajstić information content (AvgIpc) is 2.44. The Kier molecular flexibility index (Phi) is 5.70. The average molecular weight is 316 g/mol. The van der Waals surface area contributed by atoms with Gasteiger partial charge in [0, 0.05) is 16.6 Å². The number of carbonyl (C=O) groups excluding carboxylic acids is 1. The van der Waals surface area contributed by atoms with Crippen molar-refractivity contribution in [2.75, 3.05) is 19.7 Å². The first kappa shape index (κ1) is 15.6. The number of carbonyl (C=O) groups is 1. The van der Waals surface area contributed by atoms with E-state index >= 15 is 0 Å². The molecule has 0 radical (unpaired) electrons. The molecule has 1 aliphatic heterocycles. The van der Waals surface area contributed by atoms with Crippen LogP contribution in [0.5, 0.6) is 0 Å². The van der Waals surface area contributed by atoms with Crippen molar-refractivity contribution in [1.29, 1.82) is 0 Å². The Hall–Kier alpha value is -0.770. The van der Waals surface area contributed by atoms with Gasteiger partial charge in [-0.3, -0.25) is 9.69 Å². The van der Waals surface area contributed by atoms with Crippen molar-refractivity contribution in [3.63, 3.8) is 0 Å². The van der Waals surface area contributed by atoms with E-state index in [1.807, 2.05) is 19.1 Å². The van der Waals surface area contributed by atoms with Gasteiger partial charge in [-0.1, -0.05) is 23.2 Å². The zero-order valence-electron chi connectivity index (χ0n) is 11.6. The lowest BCUT2D eigenvalue weighted by Crippen LogP contribution is -2.36. The van der Waals surface area contributed by atoms with Crippen LogP contribution in [0.4, 0.5) is 0 Å². The number of rotatable bonds is 4. The SMILES string of the molecule is CCOC(=O)C1CCN(Cc2cc(Cl)ccc2Cl)CC1. The molecule has 0 aromatic heterocycles. The second kappa shape index (κ2) is 7.30. The van der Waals surface area contributed by atoms with Crippen molar-refractivity contribution in [2.24, 2.45) is 5.92 Å². The minimum Gasteiger partial charge on any atom is -0.466 e. The third kappa shape index (κ3) is 4.11. The lowest BCUT2D eigenvalue weighted by molar-refractivity contribution is -0.149. The van der Waals surface area contributed by atoms with Crippen LogP contribution in [0.25, 0.3) is 0 Å². The maximum Gasteiger partial charge on any atom is 0.309 e. The molecule has 0 aliphatic carbocycles. The molecule has 5 heteroatoms. The minimum atomic E-state index is -0.0621. The van der Waals surface area contributed by atoms with E-state index in [0.29, 0.717) is 11.6 Å². The molecule has 3 nitrogen and oxygen atoms in total. The van der Waals surface area contributed by atoms with Gasteiger partial charge < -0.3 is 4.74 Å². The number of esters is 1. The summed E-state index contributed by atoms with van der Waals surface area (Å²) in [5.74, 6) is -0.0195. The molecule has 0 spiro atoms. The van der Waals surface area contributed by atoms with E-state index in [4.69, 9.17) is 27.9 Å². The summed E-state index contributed by atoms with van der Waals surface area (Å²) in [6, 6.07) is 5.52. The Bertz CT molecular complexity index is 471. The molecule has 1 fully saturated rings. The fraction of sp³-hybridized carbons (Fsp3) is 0.533. The predicted octanol–water partition coefficient (Wildman–Crippen LogP) is 3.77. The van der Waals surface area contributed by atoms with E-state index < -0.39 is 0 Å². The highest BCUT2D eigenvalue weighted by molar-refractivity contribution is 6.33. The standard InChI is InChI=1S/C15H19Cl2NO2/c1-2-20-15(19)11-5-7-18(8-6-11)10-12-9-13(16)3-4-14(12)17/h3-4,9,11H,2,5-8,10H2,1H3. The Morgan fingerprint density at radius 2 is 2.05 bits per heavy atom. The third-order valence-electron chi connectivity index (χ3n) is 3.61. The second-order valence-corrected chi connectivity index (χ2v) is 5.88. The van der Waals surface area contributed by atoms with Gasteiger partial charge in [0.25, 0.3) is 0 Å². The molecular formula is C15H19Cl2NO2. The Balaban J connectivity index is 1.88. The van der Waals surface area contributed by atoms with Crippen LogP contribution < -0.4 is 0 Å². The highest BCUT2D eigenvalue weighted by atomic mass is 35.5. The summed E-state index contributed by atoms with van der Waals surface area (Å²) in [4.78, 5) is 14.0. The van der Waals surface area contributed by atoms with E-state index in [1.165, 1.54) is 0 Å². The highest BCUT2D eigenvalue weighted by Crippen LogP contribution is 2.25. The van der Waals surface area contributed by atoms with Crippen LogP contribution in [0.1, 0.15) is 25.3 Å². The Morgan fingerprint density at radius 1 is 1.35 bits per heavy atom. The molecule has 20 heavy (non-hydrogen) atoms. The zero-order chi connectivity index (χ0) is 14.5. The quantitative estimate of drug-likeness (QED) is 0.792. The third-order valence-corrected chi connectivity index (χ3v) is 4.21. The Morgan fingerprint density at radius 3 is 2.70 bits per heavy atom. The van der Waals surface area contributed by atoms with E-state index in [2.05, 4.69) is 4.90 Å². The van der Waals surface area contributed by atoms with Crippen LogP contribution in [0.15, 0.2) is 18.2 Å². The predicted molar refractivity (Wildman–Crippen MR) is 81.1 cm³/mol. The fourth-order valence-corrected chi connectivity index (χ4v) is 2.86. The van der Waals surface area contributed by atoms with Crippen molar-refractivity contribution in [1.82, 2.24) is 4.90 Å².